The number of piperazine rings is 1. The van der Waals surface area contributed by atoms with Crippen molar-refractivity contribution in [3.63, 3.8) is 0 Å². The molecule has 170 valence electrons. The molecule has 3 aromatic rings. The van der Waals surface area contributed by atoms with Gasteiger partial charge in [-0.3, -0.25) is 4.79 Å². The molecular weight excluding hydrogens is 422 g/mol. The third kappa shape index (κ3) is 5.03. The van der Waals surface area contributed by atoms with Crippen LogP contribution in [0.15, 0.2) is 71.5 Å². The van der Waals surface area contributed by atoms with Crippen LogP contribution in [0, 0.1) is 0 Å². The molecular formula is C24H25N5O4. The van der Waals surface area contributed by atoms with Gasteiger partial charge in [0.05, 0.1) is 23.5 Å². The van der Waals surface area contributed by atoms with Gasteiger partial charge in [-0.2, -0.15) is 4.68 Å². The van der Waals surface area contributed by atoms with Gasteiger partial charge in [0.15, 0.2) is 0 Å². The van der Waals surface area contributed by atoms with Gasteiger partial charge in [-0.1, -0.05) is 30.3 Å². The number of para-hydroxylation sites is 2. The first-order valence-electron chi connectivity index (χ1n) is 10.8. The average Bonchev–Trinajstić information content (AvgIpc) is 2.85. The summed E-state index contributed by atoms with van der Waals surface area (Å²) in [6, 6.07) is 18.9. The molecule has 2 heterocycles. The molecule has 2 aromatic carbocycles. The molecule has 1 N–H and O–H groups in total. The highest BCUT2D eigenvalue weighted by Crippen LogP contribution is 2.18. The topological polar surface area (TPSA) is 96.8 Å². The number of carbonyl (C=O) groups excluding carboxylic acids is 2. The van der Waals surface area contributed by atoms with Crippen molar-refractivity contribution in [1.29, 1.82) is 0 Å². The molecule has 9 nitrogen and oxygen atoms in total. The Bertz CT molecular complexity index is 1190. The quantitative estimate of drug-likeness (QED) is 0.604. The molecule has 2 amide bonds. The number of carbonyl (C=O) groups is 2. The van der Waals surface area contributed by atoms with E-state index in [0.717, 1.165) is 0 Å². The van der Waals surface area contributed by atoms with Crippen molar-refractivity contribution in [2.75, 3.05) is 43.0 Å². The lowest BCUT2D eigenvalue weighted by atomic mass is 10.2. The molecule has 33 heavy (non-hydrogen) atoms. The Balaban J connectivity index is 1.41. The summed E-state index contributed by atoms with van der Waals surface area (Å²) >= 11 is 0. The molecule has 0 aliphatic carbocycles. The molecule has 0 atom stereocenters. The van der Waals surface area contributed by atoms with Crippen molar-refractivity contribution in [3.8, 4) is 5.69 Å². The smallest absolute Gasteiger partial charge is 0.340 e. The largest absolute Gasteiger partial charge is 0.462 e. The Morgan fingerprint density at radius 2 is 1.64 bits per heavy atom. The van der Waals surface area contributed by atoms with Crippen LogP contribution in [0.3, 0.4) is 0 Å². The van der Waals surface area contributed by atoms with Crippen LogP contribution in [0.4, 0.5) is 16.3 Å². The summed E-state index contributed by atoms with van der Waals surface area (Å²) in [5.74, 6) is 0.198. The molecule has 9 heteroatoms. The molecule has 0 saturated carbocycles. The van der Waals surface area contributed by atoms with Crippen molar-refractivity contribution in [2.24, 2.45) is 0 Å². The van der Waals surface area contributed by atoms with Crippen molar-refractivity contribution < 1.29 is 14.3 Å². The Hall–Kier alpha value is -4.14. The number of hydrogen-bond donors (Lipinski definition) is 1. The number of aromatic nitrogens is 2. The van der Waals surface area contributed by atoms with Crippen molar-refractivity contribution in [1.82, 2.24) is 14.7 Å². The zero-order valence-electron chi connectivity index (χ0n) is 18.3. The van der Waals surface area contributed by atoms with E-state index in [0.29, 0.717) is 48.9 Å². The van der Waals surface area contributed by atoms with Crippen LogP contribution in [-0.4, -0.2) is 59.5 Å². The van der Waals surface area contributed by atoms with E-state index in [1.807, 2.05) is 35.2 Å². The summed E-state index contributed by atoms with van der Waals surface area (Å²) < 4.78 is 6.44. The van der Waals surface area contributed by atoms with Gasteiger partial charge in [-0.05, 0) is 37.3 Å². The van der Waals surface area contributed by atoms with Crippen LogP contribution in [-0.2, 0) is 4.74 Å². The van der Waals surface area contributed by atoms with Crippen LogP contribution >= 0.6 is 0 Å². The first-order chi connectivity index (χ1) is 16.1. The van der Waals surface area contributed by atoms with E-state index in [1.54, 1.807) is 42.2 Å². The molecule has 1 aliphatic rings. The molecule has 0 radical (unpaired) electrons. The van der Waals surface area contributed by atoms with Gasteiger partial charge in [-0.15, -0.1) is 5.10 Å². The minimum atomic E-state index is -0.474. The second-order valence-corrected chi connectivity index (χ2v) is 7.45. The first kappa shape index (κ1) is 22.1. The summed E-state index contributed by atoms with van der Waals surface area (Å²) in [6.07, 6.45) is 0. The molecule has 0 unspecified atom stereocenters. The molecule has 0 bridgehead atoms. The Morgan fingerprint density at radius 1 is 0.939 bits per heavy atom. The third-order valence-corrected chi connectivity index (χ3v) is 5.34. The highest BCUT2D eigenvalue weighted by Gasteiger charge is 2.24. The van der Waals surface area contributed by atoms with E-state index in [-0.39, 0.29) is 18.2 Å². The fourth-order valence-electron chi connectivity index (χ4n) is 3.64. The minimum absolute atomic E-state index is 0.205. The Labute approximate surface area is 191 Å². The van der Waals surface area contributed by atoms with Crippen molar-refractivity contribution in [2.45, 2.75) is 6.92 Å². The average molecular weight is 447 g/mol. The normalized spacial score (nSPS) is 13.5. The lowest BCUT2D eigenvalue weighted by Gasteiger charge is -2.35. The number of amides is 2. The number of anilines is 2. The zero-order valence-corrected chi connectivity index (χ0v) is 18.3. The van der Waals surface area contributed by atoms with Crippen LogP contribution in [0.25, 0.3) is 5.69 Å². The molecule has 4 rings (SSSR count). The van der Waals surface area contributed by atoms with E-state index in [1.165, 1.54) is 10.7 Å². The predicted molar refractivity (Wildman–Crippen MR) is 125 cm³/mol. The highest BCUT2D eigenvalue weighted by atomic mass is 16.5. The molecule has 1 aromatic heterocycles. The monoisotopic (exact) mass is 447 g/mol. The maximum absolute atomic E-state index is 12.8. The maximum Gasteiger partial charge on any atom is 0.340 e. The van der Waals surface area contributed by atoms with Gasteiger partial charge in [0.2, 0.25) is 0 Å². The van der Waals surface area contributed by atoms with Crippen LogP contribution in [0.1, 0.15) is 17.3 Å². The molecule has 1 saturated heterocycles. The number of rotatable bonds is 5. The van der Waals surface area contributed by atoms with Gasteiger partial charge in [0.25, 0.3) is 5.56 Å². The van der Waals surface area contributed by atoms with Crippen molar-refractivity contribution >= 4 is 23.5 Å². The summed E-state index contributed by atoms with van der Waals surface area (Å²) in [5.41, 5.74) is 1.23. The molecule has 0 spiro atoms. The third-order valence-electron chi connectivity index (χ3n) is 5.34. The number of nitrogens with one attached hydrogen (secondary N) is 1. The number of ether oxygens (including phenoxy) is 1. The zero-order chi connectivity index (χ0) is 23.2. The lowest BCUT2D eigenvalue weighted by molar-refractivity contribution is 0.0527. The van der Waals surface area contributed by atoms with Gasteiger partial charge in [0, 0.05) is 32.2 Å². The summed E-state index contributed by atoms with van der Waals surface area (Å²) in [7, 11) is 0. The number of esters is 1. The second kappa shape index (κ2) is 9.99. The lowest BCUT2D eigenvalue weighted by Crippen LogP contribution is -2.50. The number of benzene rings is 2. The van der Waals surface area contributed by atoms with E-state index in [9.17, 15) is 14.4 Å². The number of nitrogens with zero attached hydrogens (tertiary/aromatic N) is 4. The Morgan fingerprint density at radius 3 is 2.36 bits per heavy atom. The maximum atomic E-state index is 12.8. The minimum Gasteiger partial charge on any atom is -0.462 e. The van der Waals surface area contributed by atoms with E-state index in [2.05, 4.69) is 10.4 Å². The highest BCUT2D eigenvalue weighted by molar-refractivity contribution is 6.00. The Kier molecular flexibility index (Phi) is 6.68. The van der Waals surface area contributed by atoms with Gasteiger partial charge in [-0.25, -0.2) is 9.59 Å². The fourth-order valence-corrected chi connectivity index (χ4v) is 3.64. The second-order valence-electron chi connectivity index (χ2n) is 7.45. The van der Waals surface area contributed by atoms with Crippen LogP contribution in [0.2, 0.25) is 0 Å². The van der Waals surface area contributed by atoms with Gasteiger partial charge >= 0.3 is 12.0 Å². The summed E-state index contributed by atoms with van der Waals surface area (Å²) in [4.78, 5) is 41.0. The summed E-state index contributed by atoms with van der Waals surface area (Å²) in [5, 5.41) is 7.33. The fraction of sp³-hybridized carbons (Fsp3) is 0.250. The molecule has 1 fully saturated rings. The number of urea groups is 1. The van der Waals surface area contributed by atoms with E-state index < -0.39 is 5.97 Å². The standard InChI is InChI=1S/C24H25N5O4/c1-2-33-23(31)19-10-6-7-11-20(19)25-24(32)28-16-14-27(15-17-28)21-12-13-22(30)29(26-21)18-8-4-3-5-9-18/h3-13H,2,14-17H2,1H3,(H,25,32). The summed E-state index contributed by atoms with van der Waals surface area (Å²) in [6.45, 7) is 4.06. The van der Waals surface area contributed by atoms with Crippen molar-refractivity contribution in [3.05, 3.63) is 82.6 Å². The van der Waals surface area contributed by atoms with Gasteiger partial charge in [0.1, 0.15) is 5.82 Å². The van der Waals surface area contributed by atoms with Crippen LogP contribution < -0.4 is 15.8 Å². The SMILES string of the molecule is CCOC(=O)c1ccccc1NC(=O)N1CCN(c2ccc(=O)n(-c3ccccc3)n2)CC1. The first-order valence-corrected chi connectivity index (χ1v) is 10.8. The van der Waals surface area contributed by atoms with E-state index in [4.69, 9.17) is 4.74 Å². The number of hydrogen-bond acceptors (Lipinski definition) is 6. The van der Waals surface area contributed by atoms with Crippen LogP contribution in [0.5, 0.6) is 0 Å². The predicted octanol–water partition coefficient (Wildman–Crippen LogP) is 2.76. The van der Waals surface area contributed by atoms with Gasteiger partial charge < -0.3 is 19.9 Å². The molecule has 1 aliphatic heterocycles. The van der Waals surface area contributed by atoms with E-state index >= 15 is 0 Å².